The first-order valence-corrected chi connectivity index (χ1v) is 11.4. The first-order chi connectivity index (χ1) is 15.6. The molecule has 3 rings (SSSR count). The fraction of sp³-hybridized carbons (Fsp3) is 0.269. The van der Waals surface area contributed by atoms with Gasteiger partial charge in [-0.1, -0.05) is 55.8 Å². The van der Waals surface area contributed by atoms with E-state index < -0.39 is 0 Å². The molecule has 0 radical (unpaired) electrons. The van der Waals surface area contributed by atoms with Crippen molar-refractivity contribution in [1.82, 2.24) is 5.32 Å². The van der Waals surface area contributed by atoms with Gasteiger partial charge >= 0.3 is 0 Å². The SMILES string of the molecule is CCCCOc1ccc(CNC(=O)COc2ccc(-c3ccccc3)cc2Br)cc1OC. The van der Waals surface area contributed by atoms with Crippen LogP contribution < -0.4 is 19.5 Å². The summed E-state index contributed by atoms with van der Waals surface area (Å²) in [4.78, 5) is 12.3. The maximum absolute atomic E-state index is 12.3. The number of hydrogen-bond acceptors (Lipinski definition) is 4. The van der Waals surface area contributed by atoms with Crippen molar-refractivity contribution in [2.24, 2.45) is 0 Å². The summed E-state index contributed by atoms with van der Waals surface area (Å²) < 4.78 is 17.7. The Bertz CT molecular complexity index is 1020. The monoisotopic (exact) mass is 497 g/mol. The van der Waals surface area contributed by atoms with Crippen LogP contribution in [-0.4, -0.2) is 26.2 Å². The summed E-state index contributed by atoms with van der Waals surface area (Å²) in [6.45, 7) is 3.08. The van der Waals surface area contributed by atoms with Crippen molar-refractivity contribution in [2.75, 3.05) is 20.3 Å². The molecule has 5 nitrogen and oxygen atoms in total. The van der Waals surface area contributed by atoms with Crippen LogP contribution in [0.3, 0.4) is 0 Å². The minimum atomic E-state index is -0.203. The van der Waals surface area contributed by atoms with Crippen molar-refractivity contribution in [3.8, 4) is 28.4 Å². The molecule has 1 N–H and O–H groups in total. The number of carbonyl (C=O) groups excluding carboxylic acids is 1. The molecule has 0 spiro atoms. The highest BCUT2D eigenvalue weighted by atomic mass is 79.9. The van der Waals surface area contributed by atoms with E-state index in [9.17, 15) is 4.79 Å². The van der Waals surface area contributed by atoms with Crippen LogP contribution in [-0.2, 0) is 11.3 Å². The maximum Gasteiger partial charge on any atom is 0.258 e. The van der Waals surface area contributed by atoms with Crippen LogP contribution >= 0.6 is 15.9 Å². The van der Waals surface area contributed by atoms with Crippen LogP contribution in [0.1, 0.15) is 25.3 Å². The molecule has 0 saturated heterocycles. The maximum atomic E-state index is 12.3. The second-order valence-corrected chi connectivity index (χ2v) is 8.12. The number of hydrogen-bond donors (Lipinski definition) is 1. The standard InChI is InChI=1S/C26H28BrNO4/c1-3-4-14-31-24-12-10-19(15-25(24)30-2)17-28-26(29)18-32-23-13-11-21(16-22(23)27)20-8-6-5-7-9-20/h5-13,15-16H,3-4,14,17-18H2,1-2H3,(H,28,29). The van der Waals surface area contributed by atoms with Crippen molar-refractivity contribution in [3.63, 3.8) is 0 Å². The summed E-state index contributed by atoms with van der Waals surface area (Å²) in [6.07, 6.45) is 2.06. The summed E-state index contributed by atoms with van der Waals surface area (Å²) in [5, 5.41) is 2.87. The van der Waals surface area contributed by atoms with Gasteiger partial charge in [0.15, 0.2) is 18.1 Å². The quantitative estimate of drug-likeness (QED) is 0.330. The fourth-order valence-electron chi connectivity index (χ4n) is 3.09. The lowest BCUT2D eigenvalue weighted by atomic mass is 10.1. The van der Waals surface area contributed by atoms with Gasteiger partial charge in [0.05, 0.1) is 18.2 Å². The number of amides is 1. The number of halogens is 1. The Morgan fingerprint density at radius 3 is 2.41 bits per heavy atom. The molecule has 0 bridgehead atoms. The van der Waals surface area contributed by atoms with Gasteiger partial charge in [-0.25, -0.2) is 0 Å². The third-order valence-corrected chi connectivity index (χ3v) is 5.49. The zero-order valence-corrected chi connectivity index (χ0v) is 20.0. The molecule has 3 aromatic carbocycles. The molecule has 0 heterocycles. The average Bonchev–Trinajstić information content (AvgIpc) is 2.83. The zero-order chi connectivity index (χ0) is 22.8. The highest BCUT2D eigenvalue weighted by Crippen LogP contribution is 2.31. The van der Waals surface area contributed by atoms with Gasteiger partial charge in [-0.2, -0.15) is 0 Å². The molecule has 32 heavy (non-hydrogen) atoms. The molecule has 0 aromatic heterocycles. The van der Waals surface area contributed by atoms with Crippen molar-refractivity contribution >= 4 is 21.8 Å². The van der Waals surface area contributed by atoms with Gasteiger partial charge < -0.3 is 19.5 Å². The van der Waals surface area contributed by atoms with Crippen LogP contribution in [0.2, 0.25) is 0 Å². The molecule has 6 heteroatoms. The highest BCUT2D eigenvalue weighted by molar-refractivity contribution is 9.10. The normalized spacial score (nSPS) is 10.5. The van der Waals surface area contributed by atoms with E-state index in [1.54, 1.807) is 7.11 Å². The van der Waals surface area contributed by atoms with Gasteiger partial charge in [0.1, 0.15) is 5.75 Å². The molecule has 0 unspecified atom stereocenters. The Morgan fingerprint density at radius 2 is 1.69 bits per heavy atom. The minimum absolute atomic E-state index is 0.0708. The number of carbonyl (C=O) groups is 1. The predicted octanol–water partition coefficient (Wildman–Crippen LogP) is 6.00. The van der Waals surface area contributed by atoms with Gasteiger partial charge in [0, 0.05) is 6.54 Å². The smallest absolute Gasteiger partial charge is 0.258 e. The molecular weight excluding hydrogens is 470 g/mol. The van der Waals surface area contributed by atoms with Crippen molar-refractivity contribution in [3.05, 3.63) is 76.8 Å². The van der Waals surface area contributed by atoms with Gasteiger partial charge in [0.25, 0.3) is 5.91 Å². The van der Waals surface area contributed by atoms with E-state index in [4.69, 9.17) is 14.2 Å². The number of rotatable bonds is 11. The number of benzene rings is 3. The van der Waals surface area contributed by atoms with E-state index in [2.05, 4.69) is 40.3 Å². The molecule has 0 saturated carbocycles. The lowest BCUT2D eigenvalue weighted by Gasteiger charge is -2.13. The lowest BCUT2D eigenvalue weighted by Crippen LogP contribution is -2.28. The lowest BCUT2D eigenvalue weighted by molar-refractivity contribution is -0.123. The summed E-state index contributed by atoms with van der Waals surface area (Å²) in [5.74, 6) is 1.79. The Hall–Kier alpha value is -2.99. The van der Waals surface area contributed by atoms with Crippen molar-refractivity contribution in [2.45, 2.75) is 26.3 Å². The van der Waals surface area contributed by atoms with Gasteiger partial charge in [-0.05, 0) is 63.3 Å². The first-order valence-electron chi connectivity index (χ1n) is 10.6. The fourth-order valence-corrected chi connectivity index (χ4v) is 3.58. The third kappa shape index (κ3) is 6.76. The number of methoxy groups -OCH3 is 1. The van der Waals surface area contributed by atoms with Crippen LogP contribution in [0.5, 0.6) is 17.2 Å². The third-order valence-electron chi connectivity index (χ3n) is 4.87. The molecule has 168 valence electrons. The summed E-state index contributed by atoms with van der Waals surface area (Å²) in [6, 6.07) is 21.6. The second kappa shape index (κ2) is 12.2. The summed E-state index contributed by atoms with van der Waals surface area (Å²) >= 11 is 3.53. The second-order valence-electron chi connectivity index (χ2n) is 7.26. The molecule has 0 aliphatic heterocycles. The predicted molar refractivity (Wildman–Crippen MR) is 130 cm³/mol. The van der Waals surface area contributed by atoms with Crippen LogP contribution in [0.25, 0.3) is 11.1 Å². The van der Waals surface area contributed by atoms with Crippen LogP contribution in [0.15, 0.2) is 71.2 Å². The average molecular weight is 498 g/mol. The van der Waals surface area contributed by atoms with E-state index >= 15 is 0 Å². The molecule has 0 fully saturated rings. The highest BCUT2D eigenvalue weighted by Gasteiger charge is 2.09. The largest absolute Gasteiger partial charge is 0.493 e. The number of nitrogens with one attached hydrogen (secondary N) is 1. The Labute approximate surface area is 197 Å². The molecule has 0 aliphatic carbocycles. The van der Waals surface area contributed by atoms with Crippen molar-refractivity contribution in [1.29, 1.82) is 0 Å². The zero-order valence-electron chi connectivity index (χ0n) is 18.4. The van der Waals surface area contributed by atoms with E-state index in [0.29, 0.717) is 30.4 Å². The molecular formula is C26H28BrNO4. The van der Waals surface area contributed by atoms with Gasteiger partial charge in [0.2, 0.25) is 0 Å². The van der Waals surface area contributed by atoms with Gasteiger partial charge in [-0.15, -0.1) is 0 Å². The molecule has 3 aromatic rings. The Balaban J connectivity index is 1.51. The number of ether oxygens (including phenoxy) is 3. The number of unbranched alkanes of at least 4 members (excludes halogenated alkanes) is 1. The molecule has 0 aliphatic rings. The van der Waals surface area contributed by atoms with Gasteiger partial charge in [-0.3, -0.25) is 4.79 Å². The topological polar surface area (TPSA) is 56.8 Å². The minimum Gasteiger partial charge on any atom is -0.493 e. The van der Waals surface area contributed by atoms with Crippen LogP contribution in [0, 0.1) is 0 Å². The summed E-state index contributed by atoms with van der Waals surface area (Å²) in [5.41, 5.74) is 3.12. The van der Waals surface area contributed by atoms with Crippen molar-refractivity contribution < 1.29 is 19.0 Å². The van der Waals surface area contributed by atoms with E-state index in [0.717, 1.165) is 34.0 Å². The van der Waals surface area contributed by atoms with Crippen LogP contribution in [0.4, 0.5) is 0 Å². The van der Waals surface area contributed by atoms with E-state index in [-0.39, 0.29) is 12.5 Å². The Kier molecular flexibility index (Phi) is 8.99. The first kappa shape index (κ1) is 23.7. The molecule has 0 atom stereocenters. The molecule has 1 amide bonds. The summed E-state index contributed by atoms with van der Waals surface area (Å²) in [7, 11) is 1.61. The van der Waals surface area contributed by atoms with E-state index in [1.165, 1.54) is 0 Å². The van der Waals surface area contributed by atoms with E-state index in [1.807, 2.05) is 54.6 Å². The Morgan fingerprint density at radius 1 is 0.906 bits per heavy atom.